The summed E-state index contributed by atoms with van der Waals surface area (Å²) in [6, 6.07) is 3.87. The number of nitro groups is 1. The lowest BCUT2D eigenvalue weighted by atomic mass is 10.1. The second kappa shape index (κ2) is 5.71. The average molecular weight is 320 g/mol. The molecule has 0 N–H and O–H groups in total. The number of aromatic nitrogens is 1. The zero-order valence-electron chi connectivity index (χ0n) is 13.2. The van der Waals surface area contributed by atoms with Crippen LogP contribution in [0.5, 0.6) is 0 Å². The van der Waals surface area contributed by atoms with Crippen molar-refractivity contribution in [3.05, 3.63) is 40.1 Å². The summed E-state index contributed by atoms with van der Waals surface area (Å²) in [5.74, 6) is -0.696. The van der Waals surface area contributed by atoms with Crippen LogP contribution in [0.4, 0.5) is 10.5 Å². The van der Waals surface area contributed by atoms with Crippen molar-refractivity contribution in [2.24, 2.45) is 0 Å². The number of esters is 1. The standard InChI is InChI=1S/C15H16N2O6/c1-15(2,3)23-14(19)16-8-11(13(18)22-4)10-7-9(17(20)21)5-6-12(10)16/h5-8H,1-4H3. The predicted octanol–water partition coefficient (Wildman–Crippen LogP) is 3.12. The third-order valence-corrected chi connectivity index (χ3v) is 2.99. The second-order valence-electron chi connectivity index (χ2n) is 5.84. The molecule has 0 atom stereocenters. The van der Waals surface area contributed by atoms with Crippen molar-refractivity contribution in [2.75, 3.05) is 7.11 Å². The average Bonchev–Trinajstić information content (AvgIpc) is 2.83. The number of nitrogens with zero attached hydrogens (tertiary/aromatic N) is 2. The number of rotatable bonds is 2. The first-order valence-electron chi connectivity index (χ1n) is 6.75. The van der Waals surface area contributed by atoms with Crippen LogP contribution in [0.3, 0.4) is 0 Å². The normalized spacial score (nSPS) is 11.3. The quantitative estimate of drug-likeness (QED) is 0.479. The number of carbonyl (C=O) groups excluding carboxylic acids is 2. The molecule has 0 aliphatic carbocycles. The van der Waals surface area contributed by atoms with Crippen LogP contribution in [0, 0.1) is 10.1 Å². The smallest absolute Gasteiger partial charge is 0.419 e. The van der Waals surface area contributed by atoms with Gasteiger partial charge in [-0.2, -0.15) is 0 Å². The fraction of sp³-hybridized carbons (Fsp3) is 0.333. The van der Waals surface area contributed by atoms with Gasteiger partial charge in [0.2, 0.25) is 0 Å². The van der Waals surface area contributed by atoms with Crippen molar-refractivity contribution in [3.63, 3.8) is 0 Å². The van der Waals surface area contributed by atoms with E-state index in [1.807, 2.05) is 0 Å². The van der Waals surface area contributed by atoms with Crippen molar-refractivity contribution in [2.45, 2.75) is 26.4 Å². The second-order valence-corrected chi connectivity index (χ2v) is 5.84. The van der Waals surface area contributed by atoms with Gasteiger partial charge in [-0.1, -0.05) is 0 Å². The van der Waals surface area contributed by atoms with E-state index in [1.165, 1.54) is 31.5 Å². The number of ether oxygens (including phenoxy) is 2. The van der Waals surface area contributed by atoms with Gasteiger partial charge in [-0.15, -0.1) is 0 Å². The topological polar surface area (TPSA) is 101 Å². The summed E-state index contributed by atoms with van der Waals surface area (Å²) in [7, 11) is 1.19. The maximum Gasteiger partial charge on any atom is 0.419 e. The van der Waals surface area contributed by atoms with Gasteiger partial charge in [0.1, 0.15) is 5.60 Å². The Kier molecular flexibility index (Phi) is 4.09. The molecule has 0 radical (unpaired) electrons. The van der Waals surface area contributed by atoms with Gasteiger partial charge in [0.15, 0.2) is 0 Å². The van der Waals surface area contributed by atoms with Gasteiger partial charge in [0.05, 0.1) is 23.1 Å². The van der Waals surface area contributed by atoms with Crippen LogP contribution in [-0.4, -0.2) is 34.3 Å². The predicted molar refractivity (Wildman–Crippen MR) is 81.6 cm³/mol. The summed E-state index contributed by atoms with van der Waals surface area (Å²) in [6.07, 6.45) is 0.570. The highest BCUT2D eigenvalue weighted by Gasteiger charge is 2.24. The van der Waals surface area contributed by atoms with Crippen LogP contribution in [0.15, 0.2) is 24.4 Å². The third kappa shape index (κ3) is 3.31. The number of hydrogen-bond acceptors (Lipinski definition) is 6. The molecule has 122 valence electrons. The van der Waals surface area contributed by atoms with Crippen LogP contribution >= 0.6 is 0 Å². The van der Waals surface area contributed by atoms with E-state index in [-0.39, 0.29) is 16.6 Å². The molecule has 1 aromatic carbocycles. The molecule has 23 heavy (non-hydrogen) atoms. The van der Waals surface area contributed by atoms with E-state index in [4.69, 9.17) is 4.74 Å². The van der Waals surface area contributed by atoms with E-state index in [1.54, 1.807) is 20.8 Å². The summed E-state index contributed by atoms with van der Waals surface area (Å²) in [5, 5.41) is 11.2. The number of nitro benzene ring substituents is 1. The fourth-order valence-corrected chi connectivity index (χ4v) is 2.07. The number of methoxy groups -OCH3 is 1. The minimum atomic E-state index is -0.722. The summed E-state index contributed by atoms with van der Waals surface area (Å²) in [5.41, 5.74) is -0.535. The highest BCUT2D eigenvalue weighted by Crippen LogP contribution is 2.27. The number of hydrogen-bond donors (Lipinski definition) is 0. The maximum atomic E-state index is 12.3. The molecule has 2 aromatic rings. The Morgan fingerprint density at radius 2 is 1.91 bits per heavy atom. The first-order valence-corrected chi connectivity index (χ1v) is 6.75. The van der Waals surface area contributed by atoms with Gasteiger partial charge >= 0.3 is 12.1 Å². The molecule has 0 saturated heterocycles. The molecule has 0 fully saturated rings. The number of carbonyl (C=O) groups is 2. The molecule has 0 saturated carbocycles. The lowest BCUT2D eigenvalue weighted by Crippen LogP contribution is -2.26. The van der Waals surface area contributed by atoms with Crippen LogP contribution in [-0.2, 0) is 9.47 Å². The van der Waals surface area contributed by atoms with Gasteiger partial charge in [-0.05, 0) is 26.8 Å². The minimum absolute atomic E-state index is 0.0528. The summed E-state index contributed by atoms with van der Waals surface area (Å²) >= 11 is 0. The Labute approximate surface area is 131 Å². The molecule has 8 heteroatoms. The molecule has 0 bridgehead atoms. The Morgan fingerprint density at radius 3 is 2.43 bits per heavy atom. The van der Waals surface area contributed by atoms with E-state index < -0.39 is 22.6 Å². The Hall–Kier alpha value is -2.90. The van der Waals surface area contributed by atoms with E-state index in [9.17, 15) is 19.7 Å². The highest BCUT2D eigenvalue weighted by atomic mass is 16.6. The van der Waals surface area contributed by atoms with E-state index >= 15 is 0 Å². The van der Waals surface area contributed by atoms with Crippen molar-refractivity contribution in [1.82, 2.24) is 4.57 Å². The number of benzene rings is 1. The zero-order valence-corrected chi connectivity index (χ0v) is 13.2. The third-order valence-electron chi connectivity index (χ3n) is 2.99. The SMILES string of the molecule is COC(=O)c1cn(C(=O)OC(C)(C)C)c2ccc([N+](=O)[O-])cc12. The van der Waals surface area contributed by atoms with Gasteiger partial charge in [0, 0.05) is 23.7 Å². The van der Waals surface area contributed by atoms with Crippen LogP contribution < -0.4 is 0 Å². The molecule has 0 aliphatic heterocycles. The molecule has 2 rings (SSSR count). The summed E-state index contributed by atoms with van der Waals surface area (Å²) in [4.78, 5) is 34.5. The maximum absolute atomic E-state index is 12.3. The first-order chi connectivity index (χ1) is 10.6. The largest absolute Gasteiger partial charge is 0.465 e. The van der Waals surface area contributed by atoms with Gasteiger partial charge in [0.25, 0.3) is 5.69 Å². The molecule has 1 heterocycles. The first kappa shape index (κ1) is 16.5. The molecular formula is C15H16N2O6. The Balaban J connectivity index is 2.65. The molecule has 0 unspecified atom stereocenters. The van der Waals surface area contributed by atoms with E-state index in [0.29, 0.717) is 5.52 Å². The lowest BCUT2D eigenvalue weighted by molar-refractivity contribution is -0.384. The Bertz CT molecular complexity index is 800. The van der Waals surface area contributed by atoms with Crippen LogP contribution in [0.1, 0.15) is 31.1 Å². The van der Waals surface area contributed by atoms with Crippen molar-refractivity contribution < 1.29 is 24.0 Å². The number of non-ortho nitro benzene ring substituents is 1. The zero-order chi connectivity index (χ0) is 17.4. The molecule has 8 nitrogen and oxygen atoms in total. The highest BCUT2D eigenvalue weighted by molar-refractivity contribution is 6.07. The van der Waals surface area contributed by atoms with Crippen LogP contribution in [0.25, 0.3) is 10.9 Å². The molecule has 1 aromatic heterocycles. The molecule has 0 spiro atoms. The van der Waals surface area contributed by atoms with Gasteiger partial charge < -0.3 is 9.47 Å². The van der Waals surface area contributed by atoms with Crippen molar-refractivity contribution in [3.8, 4) is 0 Å². The van der Waals surface area contributed by atoms with Crippen molar-refractivity contribution in [1.29, 1.82) is 0 Å². The lowest BCUT2D eigenvalue weighted by Gasteiger charge is -2.19. The molecule has 0 amide bonds. The fourth-order valence-electron chi connectivity index (χ4n) is 2.07. The van der Waals surface area contributed by atoms with Gasteiger partial charge in [-0.25, -0.2) is 9.59 Å². The minimum Gasteiger partial charge on any atom is -0.465 e. The summed E-state index contributed by atoms with van der Waals surface area (Å²) < 4.78 is 11.1. The van der Waals surface area contributed by atoms with Crippen LogP contribution in [0.2, 0.25) is 0 Å². The Morgan fingerprint density at radius 1 is 1.26 bits per heavy atom. The van der Waals surface area contributed by atoms with Gasteiger partial charge in [-0.3, -0.25) is 14.7 Å². The van der Waals surface area contributed by atoms with Crippen molar-refractivity contribution >= 4 is 28.7 Å². The monoisotopic (exact) mass is 320 g/mol. The molecule has 0 aliphatic rings. The summed E-state index contributed by atoms with van der Waals surface area (Å²) in [6.45, 7) is 5.13. The molecular weight excluding hydrogens is 304 g/mol. The number of fused-ring (bicyclic) bond motifs is 1. The van der Waals surface area contributed by atoms with E-state index in [2.05, 4.69) is 4.74 Å². The van der Waals surface area contributed by atoms with E-state index in [0.717, 1.165) is 4.57 Å².